The summed E-state index contributed by atoms with van der Waals surface area (Å²) in [4.78, 5) is 43.1. The minimum absolute atomic E-state index is 0.0178. The smallest absolute Gasteiger partial charge is 0.408 e. The van der Waals surface area contributed by atoms with Crippen LogP contribution in [0.4, 0.5) is 9.18 Å². The molecule has 1 aliphatic heterocycles. The Bertz CT molecular complexity index is 2500. The molecule has 61 heavy (non-hydrogen) atoms. The van der Waals surface area contributed by atoms with Crippen molar-refractivity contribution in [1.29, 1.82) is 0 Å². The maximum atomic E-state index is 14.6. The van der Waals surface area contributed by atoms with E-state index in [-0.39, 0.29) is 42.7 Å². The molecule has 6 aromatic rings. The first kappa shape index (κ1) is 42.8. The van der Waals surface area contributed by atoms with Crippen LogP contribution in [0.15, 0.2) is 132 Å². The summed E-state index contributed by atoms with van der Waals surface area (Å²) >= 11 is 0. The van der Waals surface area contributed by atoms with Crippen LogP contribution in [0.25, 0.3) is 10.9 Å². The lowest BCUT2D eigenvalue weighted by atomic mass is 9.91. The molecule has 1 aliphatic rings. The first-order chi connectivity index (χ1) is 29.6. The summed E-state index contributed by atoms with van der Waals surface area (Å²) in [6.45, 7) is 4.63. The molecule has 0 radical (unpaired) electrons. The first-order valence-corrected chi connectivity index (χ1v) is 20.7. The van der Waals surface area contributed by atoms with E-state index >= 15 is 0 Å². The second kappa shape index (κ2) is 20.3. The fourth-order valence-corrected chi connectivity index (χ4v) is 7.98. The Morgan fingerprint density at radius 1 is 0.902 bits per heavy atom. The minimum Gasteiger partial charge on any atom is -0.506 e. The Labute approximate surface area is 354 Å². The third-order valence-electron chi connectivity index (χ3n) is 11.3. The predicted molar refractivity (Wildman–Crippen MR) is 232 cm³/mol. The molecule has 1 saturated heterocycles. The third-order valence-corrected chi connectivity index (χ3v) is 11.3. The summed E-state index contributed by atoms with van der Waals surface area (Å²) in [5.74, 6) is 0.229. The number of aliphatic hydroxyl groups is 1. The molecule has 0 aliphatic carbocycles. The van der Waals surface area contributed by atoms with Crippen molar-refractivity contribution >= 4 is 22.8 Å². The average molecular weight is 827 g/mol. The highest BCUT2D eigenvalue weighted by atomic mass is 19.1. The van der Waals surface area contributed by atoms with Crippen LogP contribution in [0.3, 0.4) is 0 Å². The van der Waals surface area contributed by atoms with E-state index in [1.165, 1.54) is 24.3 Å². The van der Waals surface area contributed by atoms with Crippen LogP contribution < -0.4 is 20.9 Å². The summed E-state index contributed by atoms with van der Waals surface area (Å²) in [6, 6.07) is 36.0. The number of ketones is 1. The number of amides is 1. The summed E-state index contributed by atoms with van der Waals surface area (Å²) in [6.07, 6.45) is 0.390. The number of hydrogen-bond acceptors (Lipinski definition) is 9. The standard InChI is InChI=1S/C49H51FN4O7/c1-2-34-22-24-54(29-44(57)35-11-4-3-5-12-35)30-45(34)61-49(59)53-47(36-13-7-15-38(50)26-36)37-14-8-16-39(27-37)60-31-33-10-6-9-32(25-33)21-23-51-28-43(56)40-17-19-42(55)48-41(40)18-20-46(58)52-48/h3-20,25-27,34,43,45,47,51,55-56H,2,21-24,28-31H2,1H3,(H,52,58)(H,53,59)/t34?,43-,45-,47?/m0/s1. The van der Waals surface area contributed by atoms with Gasteiger partial charge in [-0.2, -0.15) is 0 Å². The number of halogens is 1. The van der Waals surface area contributed by atoms with Gasteiger partial charge in [-0.3, -0.25) is 14.5 Å². The Kier molecular flexibility index (Phi) is 14.2. The predicted octanol–water partition coefficient (Wildman–Crippen LogP) is 7.62. The summed E-state index contributed by atoms with van der Waals surface area (Å²) in [7, 11) is 0. The lowest BCUT2D eigenvalue weighted by Gasteiger charge is -2.37. The molecule has 1 amide bonds. The van der Waals surface area contributed by atoms with E-state index in [1.54, 1.807) is 36.4 Å². The maximum Gasteiger partial charge on any atom is 0.408 e. The monoisotopic (exact) mass is 826 g/mol. The van der Waals surface area contributed by atoms with Gasteiger partial charge in [0.15, 0.2) is 5.78 Å². The van der Waals surface area contributed by atoms with Gasteiger partial charge in [-0.1, -0.05) is 91.9 Å². The number of likely N-dealkylation sites (tertiary alicyclic amines) is 1. The molecule has 316 valence electrons. The highest BCUT2D eigenvalue weighted by Gasteiger charge is 2.33. The van der Waals surface area contributed by atoms with Crippen molar-refractivity contribution in [2.75, 3.05) is 32.7 Å². The molecule has 0 saturated carbocycles. The number of nitrogens with one attached hydrogen (secondary N) is 3. The number of rotatable bonds is 17. The number of pyridine rings is 1. The second-order valence-corrected chi connectivity index (χ2v) is 15.5. The number of H-pyrrole nitrogens is 1. The Morgan fingerprint density at radius 3 is 2.48 bits per heavy atom. The maximum absolute atomic E-state index is 14.6. The molecule has 5 aromatic carbocycles. The van der Waals surface area contributed by atoms with E-state index < -0.39 is 30.2 Å². The molecule has 2 heterocycles. The van der Waals surface area contributed by atoms with Gasteiger partial charge in [0, 0.05) is 30.1 Å². The summed E-state index contributed by atoms with van der Waals surface area (Å²) < 4.78 is 26.9. The van der Waals surface area contributed by atoms with Crippen molar-refractivity contribution in [2.24, 2.45) is 5.92 Å². The van der Waals surface area contributed by atoms with Gasteiger partial charge in [0.2, 0.25) is 5.56 Å². The molecule has 7 rings (SSSR count). The number of phenols is 1. The summed E-state index contributed by atoms with van der Waals surface area (Å²) in [5.41, 5.74) is 4.46. The minimum atomic E-state index is -0.856. The van der Waals surface area contributed by atoms with Crippen LogP contribution in [0.1, 0.15) is 70.1 Å². The molecule has 1 fully saturated rings. The molecular weight excluding hydrogens is 776 g/mol. The van der Waals surface area contributed by atoms with Gasteiger partial charge in [-0.15, -0.1) is 0 Å². The number of aliphatic hydroxyl groups excluding tert-OH is 1. The Balaban J connectivity index is 0.956. The topological polar surface area (TPSA) is 153 Å². The lowest BCUT2D eigenvalue weighted by molar-refractivity contribution is 0.00337. The number of aromatic nitrogens is 1. The number of carbonyl (C=O) groups excluding carboxylic acids is 2. The van der Waals surface area contributed by atoms with Crippen LogP contribution in [-0.2, 0) is 17.8 Å². The number of alkyl carbamates (subject to hydrolysis) is 1. The zero-order valence-electron chi connectivity index (χ0n) is 34.1. The third kappa shape index (κ3) is 11.3. The highest BCUT2D eigenvalue weighted by molar-refractivity contribution is 5.97. The van der Waals surface area contributed by atoms with Crippen molar-refractivity contribution in [3.63, 3.8) is 0 Å². The molecule has 5 N–H and O–H groups in total. The number of fused-ring (bicyclic) bond motifs is 1. The largest absolute Gasteiger partial charge is 0.506 e. The number of Topliss-reactive ketones (excluding diaryl/α,β-unsaturated/α-hetero) is 1. The van der Waals surface area contributed by atoms with Gasteiger partial charge in [-0.25, -0.2) is 9.18 Å². The van der Waals surface area contributed by atoms with Crippen LogP contribution in [-0.4, -0.2) is 70.8 Å². The fraction of sp³-hybridized carbons (Fsp3) is 0.286. The van der Waals surface area contributed by atoms with Gasteiger partial charge in [-0.05, 0) is 102 Å². The fourth-order valence-electron chi connectivity index (χ4n) is 7.98. The number of ether oxygens (including phenoxy) is 2. The van der Waals surface area contributed by atoms with Crippen LogP contribution in [0, 0.1) is 11.7 Å². The zero-order valence-corrected chi connectivity index (χ0v) is 34.1. The zero-order chi connectivity index (χ0) is 42.7. The van der Waals surface area contributed by atoms with Crippen LogP contribution in [0.2, 0.25) is 0 Å². The SMILES string of the molecule is CCC1CCN(CC(=O)c2ccccc2)C[C@@H]1OC(=O)NC(c1cccc(F)c1)c1cccc(OCc2cccc(CCNC[C@H](O)c3ccc(O)c4[nH]c(=O)ccc34)c2)c1. The van der Waals surface area contributed by atoms with Crippen molar-refractivity contribution in [2.45, 2.75) is 51.0 Å². The lowest BCUT2D eigenvalue weighted by Crippen LogP contribution is -2.48. The number of benzene rings is 5. The van der Waals surface area contributed by atoms with Gasteiger partial charge < -0.3 is 35.3 Å². The van der Waals surface area contributed by atoms with Gasteiger partial charge in [0.25, 0.3) is 0 Å². The molecule has 4 atom stereocenters. The number of hydrogen-bond donors (Lipinski definition) is 5. The van der Waals surface area contributed by atoms with Crippen molar-refractivity contribution in [3.8, 4) is 11.5 Å². The number of piperidine rings is 1. The number of carbonyl (C=O) groups is 2. The number of phenolic OH excluding ortho intramolecular Hbond substituents is 1. The van der Waals surface area contributed by atoms with E-state index in [2.05, 4.69) is 28.6 Å². The molecule has 12 heteroatoms. The van der Waals surface area contributed by atoms with Crippen molar-refractivity contribution in [3.05, 3.63) is 177 Å². The molecular formula is C49H51FN4O7. The van der Waals surface area contributed by atoms with E-state index in [0.717, 1.165) is 30.5 Å². The Hall–Kier alpha value is -6.34. The van der Waals surface area contributed by atoms with Crippen molar-refractivity contribution in [1.82, 2.24) is 20.5 Å². The summed E-state index contributed by atoms with van der Waals surface area (Å²) in [5, 5.41) is 28.0. The normalized spacial score (nSPS) is 16.4. The van der Waals surface area contributed by atoms with Crippen LogP contribution in [0.5, 0.6) is 11.5 Å². The average Bonchev–Trinajstić information content (AvgIpc) is 3.27. The quantitative estimate of drug-likeness (QED) is 0.0462. The molecule has 1 aromatic heterocycles. The molecule has 2 unspecified atom stereocenters. The number of aromatic hydroxyl groups is 1. The molecule has 0 bridgehead atoms. The molecule has 0 spiro atoms. The second-order valence-electron chi connectivity index (χ2n) is 15.5. The first-order valence-electron chi connectivity index (χ1n) is 20.7. The van der Waals surface area contributed by atoms with E-state index in [4.69, 9.17) is 9.47 Å². The number of nitrogens with zero attached hydrogens (tertiary/aromatic N) is 1. The highest BCUT2D eigenvalue weighted by Crippen LogP contribution is 2.30. The van der Waals surface area contributed by atoms with E-state index in [1.807, 2.05) is 65.6 Å². The van der Waals surface area contributed by atoms with E-state index in [0.29, 0.717) is 58.4 Å². The van der Waals surface area contributed by atoms with Crippen molar-refractivity contribution < 1.29 is 33.7 Å². The molecule has 11 nitrogen and oxygen atoms in total. The van der Waals surface area contributed by atoms with Gasteiger partial charge in [0.05, 0.1) is 24.2 Å². The van der Waals surface area contributed by atoms with Gasteiger partial charge in [0.1, 0.15) is 30.0 Å². The Morgan fingerprint density at radius 2 is 1.67 bits per heavy atom. The van der Waals surface area contributed by atoms with Crippen LogP contribution >= 0.6 is 0 Å². The van der Waals surface area contributed by atoms with E-state index in [9.17, 15) is 29.0 Å². The van der Waals surface area contributed by atoms with Gasteiger partial charge >= 0.3 is 6.09 Å². The number of aromatic amines is 1.